The fraction of sp³-hybridized carbons (Fsp3) is 0.478. The second-order valence-electron chi connectivity index (χ2n) is 8.45. The Morgan fingerprint density at radius 2 is 2.00 bits per heavy atom. The highest BCUT2D eigenvalue weighted by Crippen LogP contribution is 2.40. The van der Waals surface area contributed by atoms with E-state index in [1.807, 2.05) is 13.3 Å². The molecule has 1 aliphatic heterocycles. The van der Waals surface area contributed by atoms with E-state index in [1.165, 1.54) is 25.0 Å². The van der Waals surface area contributed by atoms with Crippen LogP contribution in [0.2, 0.25) is 0 Å². The van der Waals surface area contributed by atoms with E-state index < -0.39 is 5.97 Å². The number of aromatic nitrogens is 4. The van der Waals surface area contributed by atoms with Crippen LogP contribution in [0.15, 0.2) is 24.7 Å². The standard InChI is InChI=1S/C23H26FN5O2/c1-3-31-23(30)19-12-25-20-14(2)10-16(24)11-18(20)21(19)28-8-6-15(7-9-28)22-27-26-13-29(22)17-4-5-17/h10-13,15,17H,3-9H2,1-2H3. The molecule has 3 heterocycles. The highest BCUT2D eigenvalue weighted by atomic mass is 19.1. The maximum absolute atomic E-state index is 14.3. The number of hydrogen-bond acceptors (Lipinski definition) is 6. The highest BCUT2D eigenvalue weighted by molar-refractivity contribution is 6.06. The number of halogens is 1. The molecule has 31 heavy (non-hydrogen) atoms. The maximum Gasteiger partial charge on any atom is 0.341 e. The molecule has 5 rings (SSSR count). The summed E-state index contributed by atoms with van der Waals surface area (Å²) in [6, 6.07) is 3.50. The average Bonchev–Trinajstić information content (AvgIpc) is 3.49. The van der Waals surface area contributed by atoms with Gasteiger partial charge in [0.15, 0.2) is 0 Å². The van der Waals surface area contributed by atoms with Crippen LogP contribution in [0, 0.1) is 12.7 Å². The Morgan fingerprint density at radius 1 is 1.23 bits per heavy atom. The van der Waals surface area contributed by atoms with Crippen molar-refractivity contribution in [1.82, 2.24) is 19.7 Å². The molecule has 0 spiro atoms. The van der Waals surface area contributed by atoms with E-state index >= 15 is 0 Å². The number of hydrogen-bond donors (Lipinski definition) is 0. The van der Waals surface area contributed by atoms with Crippen molar-refractivity contribution in [2.45, 2.75) is 51.5 Å². The van der Waals surface area contributed by atoms with Crippen LogP contribution in [0.25, 0.3) is 10.9 Å². The monoisotopic (exact) mass is 423 g/mol. The molecule has 2 fully saturated rings. The molecule has 1 aromatic carbocycles. The van der Waals surface area contributed by atoms with Crippen molar-refractivity contribution in [1.29, 1.82) is 0 Å². The first-order chi connectivity index (χ1) is 15.1. The molecule has 0 atom stereocenters. The number of esters is 1. The van der Waals surface area contributed by atoms with Crippen molar-refractivity contribution in [3.63, 3.8) is 0 Å². The molecule has 1 aliphatic carbocycles. The van der Waals surface area contributed by atoms with Crippen molar-refractivity contribution >= 4 is 22.6 Å². The number of anilines is 1. The van der Waals surface area contributed by atoms with Crippen molar-refractivity contribution in [2.24, 2.45) is 0 Å². The molecule has 2 aromatic heterocycles. The number of piperidine rings is 1. The topological polar surface area (TPSA) is 73.1 Å². The van der Waals surface area contributed by atoms with Crippen LogP contribution in [-0.4, -0.2) is 45.4 Å². The minimum absolute atomic E-state index is 0.275. The molecule has 1 saturated heterocycles. The number of benzene rings is 1. The van der Waals surface area contributed by atoms with Gasteiger partial charge in [-0.1, -0.05) is 0 Å². The lowest BCUT2D eigenvalue weighted by atomic mass is 9.94. The molecule has 1 saturated carbocycles. The summed E-state index contributed by atoms with van der Waals surface area (Å²) in [7, 11) is 0. The number of pyridine rings is 1. The first-order valence-electron chi connectivity index (χ1n) is 11.0. The van der Waals surface area contributed by atoms with Crippen LogP contribution in [-0.2, 0) is 4.74 Å². The van der Waals surface area contributed by atoms with E-state index in [-0.39, 0.29) is 12.4 Å². The van der Waals surface area contributed by atoms with Crippen LogP contribution in [0.5, 0.6) is 0 Å². The van der Waals surface area contributed by atoms with Gasteiger partial charge < -0.3 is 14.2 Å². The first kappa shape index (κ1) is 19.9. The third kappa shape index (κ3) is 3.64. The zero-order valence-corrected chi connectivity index (χ0v) is 17.8. The molecule has 0 amide bonds. The molecule has 162 valence electrons. The van der Waals surface area contributed by atoms with E-state index in [9.17, 15) is 9.18 Å². The number of rotatable bonds is 5. The molecular formula is C23H26FN5O2. The maximum atomic E-state index is 14.3. The lowest BCUT2D eigenvalue weighted by molar-refractivity contribution is 0.0526. The third-order valence-corrected chi connectivity index (χ3v) is 6.31. The van der Waals surface area contributed by atoms with Crippen molar-refractivity contribution in [3.05, 3.63) is 47.4 Å². The molecular weight excluding hydrogens is 397 g/mol. The largest absolute Gasteiger partial charge is 0.462 e. The molecule has 0 N–H and O–H groups in total. The minimum atomic E-state index is -0.426. The number of carbonyl (C=O) groups is 1. The summed E-state index contributed by atoms with van der Waals surface area (Å²) < 4.78 is 21.8. The van der Waals surface area contributed by atoms with Crippen LogP contribution in [0.3, 0.4) is 0 Å². The fourth-order valence-electron chi connectivity index (χ4n) is 4.66. The van der Waals surface area contributed by atoms with Crippen molar-refractivity contribution in [2.75, 3.05) is 24.6 Å². The lowest BCUT2D eigenvalue weighted by Crippen LogP contribution is -2.35. The molecule has 2 aliphatic rings. The van der Waals surface area contributed by atoms with Gasteiger partial charge in [0.05, 0.1) is 17.8 Å². The second-order valence-corrected chi connectivity index (χ2v) is 8.45. The van der Waals surface area contributed by atoms with Gasteiger partial charge in [-0.2, -0.15) is 0 Å². The van der Waals surface area contributed by atoms with E-state index in [4.69, 9.17) is 4.74 Å². The van der Waals surface area contributed by atoms with E-state index in [0.717, 1.165) is 37.3 Å². The lowest BCUT2D eigenvalue weighted by Gasteiger charge is -2.35. The molecule has 0 radical (unpaired) electrons. The molecule has 3 aromatic rings. The van der Waals surface area contributed by atoms with E-state index in [1.54, 1.807) is 13.1 Å². The predicted molar refractivity (Wildman–Crippen MR) is 115 cm³/mol. The van der Waals surface area contributed by atoms with Crippen LogP contribution < -0.4 is 4.90 Å². The Hall–Kier alpha value is -3.03. The van der Waals surface area contributed by atoms with Gasteiger partial charge in [-0.3, -0.25) is 4.98 Å². The Morgan fingerprint density at radius 3 is 2.71 bits per heavy atom. The summed E-state index contributed by atoms with van der Waals surface area (Å²) >= 11 is 0. The van der Waals surface area contributed by atoms with Gasteiger partial charge >= 0.3 is 5.97 Å². The zero-order valence-electron chi connectivity index (χ0n) is 17.8. The molecule has 0 bridgehead atoms. The summed E-state index contributed by atoms with van der Waals surface area (Å²) in [4.78, 5) is 19.3. The van der Waals surface area contributed by atoms with Gasteiger partial charge in [-0.25, -0.2) is 9.18 Å². The number of fused-ring (bicyclic) bond motifs is 1. The Bertz CT molecular complexity index is 1130. The Balaban J connectivity index is 1.49. The number of ether oxygens (including phenoxy) is 1. The van der Waals surface area contributed by atoms with Gasteiger partial charge in [0.2, 0.25) is 0 Å². The average molecular weight is 423 g/mol. The quantitative estimate of drug-likeness (QED) is 0.574. The Kier molecular flexibility index (Phi) is 5.08. The van der Waals surface area contributed by atoms with Gasteiger partial charge in [0.25, 0.3) is 0 Å². The Labute approximate surface area is 180 Å². The first-order valence-corrected chi connectivity index (χ1v) is 11.0. The summed E-state index contributed by atoms with van der Waals surface area (Å²) in [5, 5.41) is 9.20. The van der Waals surface area contributed by atoms with E-state index in [2.05, 4.69) is 24.6 Å². The van der Waals surface area contributed by atoms with Crippen LogP contribution in [0.4, 0.5) is 10.1 Å². The van der Waals surface area contributed by atoms with Gasteiger partial charge in [-0.05, 0) is 57.2 Å². The molecule has 7 nitrogen and oxygen atoms in total. The smallest absolute Gasteiger partial charge is 0.341 e. The predicted octanol–water partition coefficient (Wildman–Crippen LogP) is 4.17. The number of nitrogens with zero attached hydrogens (tertiary/aromatic N) is 5. The third-order valence-electron chi connectivity index (χ3n) is 6.31. The number of aryl methyl sites for hydroxylation is 1. The molecule has 8 heteroatoms. The van der Waals surface area contributed by atoms with Crippen LogP contribution >= 0.6 is 0 Å². The fourth-order valence-corrected chi connectivity index (χ4v) is 4.66. The van der Waals surface area contributed by atoms with Gasteiger partial charge in [0.1, 0.15) is 23.5 Å². The zero-order chi connectivity index (χ0) is 21.5. The van der Waals surface area contributed by atoms with Crippen LogP contribution in [0.1, 0.15) is 66.3 Å². The number of carbonyl (C=O) groups excluding carboxylic acids is 1. The summed E-state index contributed by atoms with van der Waals surface area (Å²) in [6.07, 6.45) is 7.59. The summed E-state index contributed by atoms with van der Waals surface area (Å²) in [6.45, 7) is 5.37. The molecule has 0 unspecified atom stereocenters. The van der Waals surface area contributed by atoms with E-state index in [0.29, 0.717) is 34.1 Å². The minimum Gasteiger partial charge on any atom is -0.462 e. The SMILES string of the molecule is CCOC(=O)c1cnc2c(C)cc(F)cc2c1N1CCC(c2nncn2C2CC2)CC1. The summed E-state index contributed by atoms with van der Waals surface area (Å²) in [5.74, 6) is 0.636. The van der Waals surface area contributed by atoms with Gasteiger partial charge in [0, 0.05) is 36.6 Å². The normalized spacial score (nSPS) is 17.3. The summed E-state index contributed by atoms with van der Waals surface area (Å²) in [5.41, 5.74) is 2.56. The second kappa shape index (κ2) is 7.90. The van der Waals surface area contributed by atoms with Crippen molar-refractivity contribution < 1.29 is 13.9 Å². The van der Waals surface area contributed by atoms with Gasteiger partial charge in [-0.15, -0.1) is 10.2 Å². The van der Waals surface area contributed by atoms with Crippen molar-refractivity contribution in [3.8, 4) is 0 Å². The highest BCUT2D eigenvalue weighted by Gasteiger charge is 2.32.